The van der Waals surface area contributed by atoms with Gasteiger partial charge in [-0.3, -0.25) is 14.8 Å². The van der Waals surface area contributed by atoms with Gasteiger partial charge in [0.05, 0.1) is 11.3 Å². The Hall–Kier alpha value is -2.63. The molecule has 1 saturated heterocycles. The Labute approximate surface area is 140 Å². The van der Waals surface area contributed by atoms with E-state index in [1.807, 2.05) is 23.1 Å². The number of likely N-dealkylation sites (tertiary alicyclic amines) is 1. The number of benzene rings is 1. The first-order valence-corrected chi connectivity index (χ1v) is 8.27. The number of hydrogen-bond donors (Lipinski definition) is 0. The van der Waals surface area contributed by atoms with E-state index in [9.17, 15) is 4.79 Å². The number of nitrogens with zero attached hydrogens (tertiary/aromatic N) is 3. The largest absolute Gasteiger partial charge is 0.486 e. The molecule has 0 bridgehead atoms. The van der Waals surface area contributed by atoms with Gasteiger partial charge in [-0.2, -0.15) is 0 Å². The summed E-state index contributed by atoms with van der Waals surface area (Å²) in [6.07, 6.45) is 7.14. The topological polar surface area (TPSA) is 64.6 Å². The molecule has 1 amide bonds. The van der Waals surface area contributed by atoms with Crippen LogP contribution in [-0.4, -0.2) is 47.1 Å². The van der Waals surface area contributed by atoms with Gasteiger partial charge in [0, 0.05) is 37.6 Å². The van der Waals surface area contributed by atoms with Crippen LogP contribution in [0.2, 0.25) is 0 Å². The van der Waals surface area contributed by atoms with E-state index < -0.39 is 0 Å². The lowest BCUT2D eigenvalue weighted by atomic mass is 9.94. The fourth-order valence-electron chi connectivity index (χ4n) is 3.34. The van der Waals surface area contributed by atoms with Crippen LogP contribution >= 0.6 is 0 Å². The number of carbonyl (C=O) groups excluding carboxylic acids is 1. The first-order chi connectivity index (χ1) is 11.8. The van der Waals surface area contributed by atoms with Gasteiger partial charge in [-0.25, -0.2) is 0 Å². The average Bonchev–Trinajstić information content (AvgIpc) is 2.68. The van der Waals surface area contributed by atoms with Gasteiger partial charge in [0.15, 0.2) is 11.5 Å². The van der Waals surface area contributed by atoms with Gasteiger partial charge in [0.1, 0.15) is 13.2 Å². The normalized spacial score (nSPS) is 19.8. The number of fused-ring (bicyclic) bond motifs is 1. The molecule has 124 valence electrons. The summed E-state index contributed by atoms with van der Waals surface area (Å²) >= 11 is 0. The van der Waals surface area contributed by atoms with Crippen LogP contribution in [0, 0.1) is 0 Å². The molecular formula is C18H19N3O3. The maximum atomic E-state index is 13.0. The highest BCUT2D eigenvalue weighted by molar-refractivity contribution is 5.98. The minimum Gasteiger partial charge on any atom is -0.486 e. The SMILES string of the molecule is O=C(c1cccc2c1OCCO2)N1CCC[C@H](c2cnccn2)C1. The molecule has 0 spiro atoms. The smallest absolute Gasteiger partial charge is 0.257 e. The highest BCUT2D eigenvalue weighted by Gasteiger charge is 2.29. The highest BCUT2D eigenvalue weighted by atomic mass is 16.6. The van der Waals surface area contributed by atoms with Crippen LogP contribution in [0.5, 0.6) is 11.5 Å². The summed E-state index contributed by atoms with van der Waals surface area (Å²) in [5.74, 6) is 1.43. The van der Waals surface area contributed by atoms with Crippen molar-refractivity contribution in [1.29, 1.82) is 0 Å². The number of piperidine rings is 1. The summed E-state index contributed by atoms with van der Waals surface area (Å²) in [5.41, 5.74) is 1.52. The van der Waals surface area contributed by atoms with Crippen LogP contribution in [-0.2, 0) is 0 Å². The number of ether oxygens (including phenoxy) is 2. The Morgan fingerprint density at radius 1 is 1.21 bits per heavy atom. The molecule has 0 N–H and O–H groups in total. The molecule has 24 heavy (non-hydrogen) atoms. The van der Waals surface area contributed by atoms with Crippen molar-refractivity contribution in [2.24, 2.45) is 0 Å². The molecule has 2 aliphatic rings. The molecule has 1 aromatic heterocycles. The second-order valence-corrected chi connectivity index (χ2v) is 6.05. The molecule has 1 fully saturated rings. The Balaban J connectivity index is 1.56. The Morgan fingerprint density at radius 3 is 3.00 bits per heavy atom. The van der Waals surface area contributed by atoms with Crippen molar-refractivity contribution >= 4 is 5.91 Å². The van der Waals surface area contributed by atoms with Crippen LogP contribution in [0.15, 0.2) is 36.8 Å². The number of rotatable bonds is 2. The molecule has 2 aliphatic heterocycles. The van der Waals surface area contributed by atoms with Crippen LogP contribution in [0.4, 0.5) is 0 Å². The maximum Gasteiger partial charge on any atom is 0.257 e. The summed E-state index contributed by atoms with van der Waals surface area (Å²) in [5, 5.41) is 0. The zero-order chi connectivity index (χ0) is 16.4. The fourth-order valence-corrected chi connectivity index (χ4v) is 3.34. The minimum atomic E-state index is -0.00839. The van der Waals surface area contributed by atoms with Crippen molar-refractivity contribution in [3.63, 3.8) is 0 Å². The van der Waals surface area contributed by atoms with Crippen molar-refractivity contribution < 1.29 is 14.3 Å². The second-order valence-electron chi connectivity index (χ2n) is 6.05. The number of amides is 1. The molecule has 0 radical (unpaired) electrons. The van der Waals surface area contributed by atoms with Gasteiger partial charge in [-0.05, 0) is 25.0 Å². The molecule has 0 aliphatic carbocycles. The molecule has 1 atom stereocenters. The van der Waals surface area contributed by atoms with Crippen LogP contribution in [0.25, 0.3) is 0 Å². The summed E-state index contributed by atoms with van der Waals surface area (Å²) in [6, 6.07) is 5.48. The zero-order valence-corrected chi connectivity index (χ0v) is 13.4. The molecule has 3 heterocycles. The van der Waals surface area contributed by atoms with Crippen molar-refractivity contribution in [3.8, 4) is 11.5 Å². The van der Waals surface area contributed by atoms with Gasteiger partial charge in [-0.15, -0.1) is 0 Å². The van der Waals surface area contributed by atoms with E-state index in [1.54, 1.807) is 18.6 Å². The van der Waals surface area contributed by atoms with Crippen LogP contribution in [0.3, 0.4) is 0 Å². The van der Waals surface area contributed by atoms with Crippen LogP contribution < -0.4 is 9.47 Å². The summed E-state index contributed by atoms with van der Waals surface area (Å²) in [6.45, 7) is 2.39. The Morgan fingerprint density at radius 2 is 2.12 bits per heavy atom. The fraction of sp³-hybridized carbons (Fsp3) is 0.389. The van der Waals surface area contributed by atoms with Gasteiger partial charge < -0.3 is 14.4 Å². The van der Waals surface area contributed by atoms with Crippen molar-refractivity contribution in [1.82, 2.24) is 14.9 Å². The quantitative estimate of drug-likeness (QED) is 0.847. The van der Waals surface area contributed by atoms with E-state index in [1.165, 1.54) is 0 Å². The predicted molar refractivity (Wildman–Crippen MR) is 87.3 cm³/mol. The van der Waals surface area contributed by atoms with Crippen molar-refractivity contribution in [2.75, 3.05) is 26.3 Å². The first-order valence-electron chi connectivity index (χ1n) is 8.27. The van der Waals surface area contributed by atoms with Gasteiger partial charge in [0.2, 0.25) is 0 Å². The molecule has 1 aromatic carbocycles. The summed E-state index contributed by atoms with van der Waals surface area (Å²) in [4.78, 5) is 23.4. The monoisotopic (exact) mass is 325 g/mol. The Bertz CT molecular complexity index is 736. The predicted octanol–water partition coefficient (Wildman–Crippen LogP) is 2.27. The number of para-hydroxylation sites is 1. The van der Waals surface area contributed by atoms with Gasteiger partial charge in [0.25, 0.3) is 5.91 Å². The highest BCUT2D eigenvalue weighted by Crippen LogP contribution is 2.35. The third-order valence-electron chi connectivity index (χ3n) is 4.51. The van der Waals surface area contributed by atoms with E-state index in [-0.39, 0.29) is 11.8 Å². The zero-order valence-electron chi connectivity index (χ0n) is 13.4. The number of aromatic nitrogens is 2. The molecule has 0 unspecified atom stereocenters. The molecule has 4 rings (SSSR count). The first kappa shape index (κ1) is 14.9. The maximum absolute atomic E-state index is 13.0. The average molecular weight is 325 g/mol. The third kappa shape index (κ3) is 2.79. The summed E-state index contributed by atoms with van der Waals surface area (Å²) in [7, 11) is 0. The lowest BCUT2D eigenvalue weighted by Crippen LogP contribution is -2.39. The van der Waals surface area contributed by atoms with Gasteiger partial charge >= 0.3 is 0 Å². The third-order valence-corrected chi connectivity index (χ3v) is 4.51. The number of carbonyl (C=O) groups is 1. The van der Waals surface area contributed by atoms with Gasteiger partial charge in [-0.1, -0.05) is 6.07 Å². The van der Waals surface area contributed by atoms with Crippen molar-refractivity contribution in [2.45, 2.75) is 18.8 Å². The Kier molecular flexibility index (Phi) is 4.02. The minimum absolute atomic E-state index is 0.00839. The van der Waals surface area contributed by atoms with E-state index in [4.69, 9.17) is 9.47 Å². The molecular weight excluding hydrogens is 306 g/mol. The van der Waals surface area contributed by atoms with E-state index in [0.29, 0.717) is 36.8 Å². The van der Waals surface area contributed by atoms with Crippen molar-refractivity contribution in [3.05, 3.63) is 48.0 Å². The molecule has 6 nitrogen and oxygen atoms in total. The summed E-state index contributed by atoms with van der Waals surface area (Å²) < 4.78 is 11.3. The van der Waals surface area contributed by atoms with E-state index in [0.717, 1.165) is 25.1 Å². The lowest BCUT2D eigenvalue weighted by molar-refractivity contribution is 0.0695. The van der Waals surface area contributed by atoms with E-state index >= 15 is 0 Å². The van der Waals surface area contributed by atoms with E-state index in [2.05, 4.69) is 9.97 Å². The lowest BCUT2D eigenvalue weighted by Gasteiger charge is -2.33. The molecule has 2 aromatic rings. The standard InChI is InChI=1S/C18H19N3O3/c22-18(14-4-1-5-16-17(14)24-10-9-23-16)21-8-2-3-13(12-21)15-11-19-6-7-20-15/h1,4-7,11,13H,2-3,8-10,12H2/t13-/m0/s1. The molecule has 0 saturated carbocycles. The number of hydrogen-bond acceptors (Lipinski definition) is 5. The van der Waals surface area contributed by atoms with Crippen LogP contribution in [0.1, 0.15) is 34.8 Å². The molecule has 6 heteroatoms. The second kappa shape index (κ2) is 6.47.